The lowest BCUT2D eigenvalue weighted by molar-refractivity contribution is 0.340. The molecule has 5 rings (SSSR count). The van der Waals surface area contributed by atoms with Crippen LogP contribution in [0.15, 0.2) is 91.4 Å². The van der Waals surface area contributed by atoms with Gasteiger partial charge in [-0.3, -0.25) is 0 Å². The summed E-state index contributed by atoms with van der Waals surface area (Å²) in [6.45, 7) is 5.23. The van der Waals surface area contributed by atoms with E-state index in [1.54, 1.807) is 6.33 Å². The van der Waals surface area contributed by atoms with Crippen molar-refractivity contribution >= 4 is 22.5 Å². The number of fused-ring (bicyclic) bond motifs is 1. The molecule has 0 unspecified atom stereocenters. The Balaban J connectivity index is 1.62. The van der Waals surface area contributed by atoms with Crippen molar-refractivity contribution in [2.24, 2.45) is 0 Å². The molecule has 6 nitrogen and oxygen atoms in total. The zero-order chi connectivity index (χ0) is 23.3. The molecule has 3 aromatic carbocycles. The molecule has 6 heteroatoms. The van der Waals surface area contributed by atoms with Gasteiger partial charge in [-0.25, -0.2) is 9.97 Å². The highest BCUT2D eigenvalue weighted by molar-refractivity contribution is 6.03. The van der Waals surface area contributed by atoms with E-state index in [0.717, 1.165) is 50.9 Å². The summed E-state index contributed by atoms with van der Waals surface area (Å²) in [5.74, 6) is 2.43. The van der Waals surface area contributed by atoms with Gasteiger partial charge in [-0.15, -0.1) is 0 Å². The number of aromatic nitrogens is 3. The first-order chi connectivity index (χ1) is 16.8. The highest BCUT2D eigenvalue weighted by Crippen LogP contribution is 2.36. The molecule has 0 aliphatic heterocycles. The molecule has 34 heavy (non-hydrogen) atoms. The topological polar surface area (TPSA) is 61.2 Å². The molecule has 0 spiro atoms. The van der Waals surface area contributed by atoms with Crippen LogP contribution in [0.25, 0.3) is 27.8 Å². The molecule has 0 amide bonds. The molecule has 0 atom stereocenters. The number of ether oxygens (including phenoxy) is 2. The second-order valence-corrected chi connectivity index (χ2v) is 7.71. The van der Waals surface area contributed by atoms with Crippen LogP contribution < -0.4 is 14.8 Å². The Kier molecular flexibility index (Phi) is 6.12. The van der Waals surface area contributed by atoms with E-state index in [9.17, 15) is 0 Å². The predicted octanol–water partition coefficient (Wildman–Crippen LogP) is 6.63. The normalized spacial score (nSPS) is 10.9. The van der Waals surface area contributed by atoms with Crippen LogP contribution in [0.1, 0.15) is 13.8 Å². The molecule has 0 saturated carbocycles. The Hall–Kier alpha value is -4.32. The van der Waals surface area contributed by atoms with Gasteiger partial charge in [0.2, 0.25) is 0 Å². The predicted molar refractivity (Wildman–Crippen MR) is 136 cm³/mol. The van der Waals surface area contributed by atoms with Gasteiger partial charge in [0.15, 0.2) is 5.65 Å². The lowest BCUT2D eigenvalue weighted by Crippen LogP contribution is -1.99. The summed E-state index contributed by atoms with van der Waals surface area (Å²) in [4.78, 5) is 9.27. The SMILES string of the molecule is CCOc1ccc(Nc2ncnc3c2c(-c2ccccc2)cn3-c2ccc(OCC)cc2)cc1. The summed E-state index contributed by atoms with van der Waals surface area (Å²) in [6, 6.07) is 26.2. The van der Waals surface area contributed by atoms with Crippen LogP contribution in [0.3, 0.4) is 0 Å². The van der Waals surface area contributed by atoms with Crippen LogP contribution in [0, 0.1) is 0 Å². The van der Waals surface area contributed by atoms with E-state index in [1.165, 1.54) is 0 Å². The Morgan fingerprint density at radius 2 is 1.41 bits per heavy atom. The van der Waals surface area contributed by atoms with Crippen molar-refractivity contribution in [3.63, 3.8) is 0 Å². The third-order valence-corrected chi connectivity index (χ3v) is 5.52. The second-order valence-electron chi connectivity index (χ2n) is 7.71. The van der Waals surface area contributed by atoms with Gasteiger partial charge in [-0.2, -0.15) is 0 Å². The highest BCUT2D eigenvalue weighted by atomic mass is 16.5. The number of nitrogens with zero attached hydrogens (tertiary/aromatic N) is 3. The monoisotopic (exact) mass is 450 g/mol. The van der Waals surface area contributed by atoms with Gasteiger partial charge in [0, 0.05) is 23.1 Å². The van der Waals surface area contributed by atoms with Crippen molar-refractivity contribution in [3.05, 3.63) is 91.4 Å². The van der Waals surface area contributed by atoms with E-state index in [4.69, 9.17) is 9.47 Å². The standard InChI is InChI=1S/C28H26N4O2/c1-3-33-23-14-10-21(11-15-23)31-27-26-25(20-8-6-5-7-9-20)18-32(28(26)30-19-29-27)22-12-16-24(17-13-22)34-4-2/h5-19H,3-4H2,1-2H3,(H,29,30,31). The van der Waals surface area contributed by atoms with Crippen LogP contribution in [0.4, 0.5) is 11.5 Å². The minimum absolute atomic E-state index is 0.637. The van der Waals surface area contributed by atoms with Crippen LogP contribution in [0.5, 0.6) is 11.5 Å². The van der Waals surface area contributed by atoms with Crippen LogP contribution >= 0.6 is 0 Å². The summed E-state index contributed by atoms with van der Waals surface area (Å²) < 4.78 is 13.3. The van der Waals surface area contributed by atoms with E-state index in [-0.39, 0.29) is 0 Å². The quantitative estimate of drug-likeness (QED) is 0.288. The fourth-order valence-corrected chi connectivity index (χ4v) is 4.00. The first-order valence-corrected chi connectivity index (χ1v) is 11.4. The third-order valence-electron chi connectivity index (χ3n) is 5.52. The van der Waals surface area contributed by atoms with Crippen LogP contribution in [0.2, 0.25) is 0 Å². The van der Waals surface area contributed by atoms with Gasteiger partial charge in [0.05, 0.1) is 18.6 Å². The van der Waals surface area contributed by atoms with Gasteiger partial charge >= 0.3 is 0 Å². The van der Waals surface area contributed by atoms with Crippen molar-refractivity contribution < 1.29 is 9.47 Å². The molecule has 0 aliphatic carbocycles. The summed E-state index contributed by atoms with van der Waals surface area (Å²) in [5.41, 5.74) is 4.91. The van der Waals surface area contributed by atoms with Crippen LogP contribution in [-0.2, 0) is 0 Å². The molecule has 0 saturated heterocycles. The summed E-state index contributed by atoms with van der Waals surface area (Å²) in [7, 11) is 0. The van der Waals surface area contributed by atoms with Crippen LogP contribution in [-0.4, -0.2) is 27.7 Å². The molecule has 5 aromatic rings. The molecule has 2 aromatic heterocycles. The fraction of sp³-hybridized carbons (Fsp3) is 0.143. The van der Waals surface area contributed by atoms with Crippen molar-refractivity contribution in [1.82, 2.24) is 14.5 Å². The molecule has 170 valence electrons. The number of nitrogens with one attached hydrogen (secondary N) is 1. The third kappa shape index (κ3) is 4.30. The number of anilines is 2. The first-order valence-electron chi connectivity index (χ1n) is 11.4. The lowest BCUT2D eigenvalue weighted by Gasteiger charge is -2.10. The second kappa shape index (κ2) is 9.67. The minimum Gasteiger partial charge on any atom is -0.494 e. The van der Waals surface area contributed by atoms with Gasteiger partial charge in [-0.05, 0) is 67.9 Å². The van der Waals surface area contributed by atoms with Crippen molar-refractivity contribution in [1.29, 1.82) is 0 Å². The molecule has 0 fully saturated rings. The van der Waals surface area contributed by atoms with Crippen molar-refractivity contribution in [3.8, 4) is 28.3 Å². The average molecular weight is 451 g/mol. The summed E-state index contributed by atoms with van der Waals surface area (Å²) in [6.07, 6.45) is 3.72. The molecule has 0 radical (unpaired) electrons. The molecule has 2 heterocycles. The highest BCUT2D eigenvalue weighted by Gasteiger charge is 2.17. The zero-order valence-corrected chi connectivity index (χ0v) is 19.2. The van der Waals surface area contributed by atoms with E-state index >= 15 is 0 Å². The number of hydrogen-bond donors (Lipinski definition) is 1. The largest absolute Gasteiger partial charge is 0.494 e. The molecule has 0 bridgehead atoms. The molecule has 0 aliphatic rings. The van der Waals surface area contributed by atoms with Crippen molar-refractivity contribution in [2.75, 3.05) is 18.5 Å². The zero-order valence-electron chi connectivity index (χ0n) is 19.2. The maximum Gasteiger partial charge on any atom is 0.150 e. The Bertz CT molecular complexity index is 1380. The Morgan fingerprint density at radius 1 is 0.765 bits per heavy atom. The Morgan fingerprint density at radius 3 is 2.06 bits per heavy atom. The number of rotatable bonds is 8. The lowest BCUT2D eigenvalue weighted by atomic mass is 10.1. The van der Waals surface area contributed by atoms with E-state index in [1.807, 2.05) is 80.6 Å². The summed E-state index contributed by atoms with van der Waals surface area (Å²) >= 11 is 0. The Labute approximate surface area is 198 Å². The van der Waals surface area contributed by atoms with Gasteiger partial charge in [-0.1, -0.05) is 30.3 Å². The van der Waals surface area contributed by atoms with Gasteiger partial charge < -0.3 is 19.4 Å². The minimum atomic E-state index is 0.637. The van der Waals surface area contributed by atoms with Gasteiger partial charge in [0.25, 0.3) is 0 Å². The van der Waals surface area contributed by atoms with E-state index in [2.05, 4.69) is 38.2 Å². The average Bonchev–Trinajstić information content (AvgIpc) is 3.27. The first kappa shape index (κ1) is 21.5. The maximum absolute atomic E-state index is 5.61. The van der Waals surface area contributed by atoms with E-state index < -0.39 is 0 Å². The number of benzene rings is 3. The smallest absolute Gasteiger partial charge is 0.150 e. The molecular weight excluding hydrogens is 424 g/mol. The molecule has 1 N–H and O–H groups in total. The fourth-order valence-electron chi connectivity index (χ4n) is 4.00. The summed E-state index contributed by atoms with van der Waals surface area (Å²) in [5, 5.41) is 4.43. The molecular formula is C28H26N4O2. The van der Waals surface area contributed by atoms with Crippen molar-refractivity contribution in [2.45, 2.75) is 13.8 Å². The van der Waals surface area contributed by atoms with E-state index in [0.29, 0.717) is 13.2 Å². The van der Waals surface area contributed by atoms with Gasteiger partial charge in [0.1, 0.15) is 23.6 Å². The maximum atomic E-state index is 5.61. The number of hydrogen-bond acceptors (Lipinski definition) is 5.